The molecule has 1 saturated heterocycles. The lowest BCUT2D eigenvalue weighted by molar-refractivity contribution is -0.132. The first-order valence-corrected chi connectivity index (χ1v) is 9.85. The van der Waals surface area contributed by atoms with Crippen LogP contribution < -0.4 is 4.74 Å². The third-order valence-electron chi connectivity index (χ3n) is 5.02. The molecule has 144 valence electrons. The van der Waals surface area contributed by atoms with Crippen LogP contribution in [-0.4, -0.2) is 37.1 Å². The largest absolute Gasteiger partial charge is 0.494 e. The standard InChI is InChI=1S/C23H29NO3/c1-2-27-22-10-8-19(9-11-22)16-23(25)24-14-12-21(13-15-24)18-26-17-20-6-4-3-5-7-20/h3-11,21H,2,12-18H2,1H3. The number of amides is 1. The number of rotatable bonds is 8. The van der Waals surface area contributed by atoms with Gasteiger partial charge in [0.15, 0.2) is 0 Å². The van der Waals surface area contributed by atoms with Crippen LogP contribution in [0.2, 0.25) is 0 Å². The third-order valence-corrected chi connectivity index (χ3v) is 5.02. The molecule has 1 aliphatic heterocycles. The van der Waals surface area contributed by atoms with Crippen molar-refractivity contribution < 1.29 is 14.3 Å². The number of likely N-dealkylation sites (tertiary alicyclic amines) is 1. The van der Waals surface area contributed by atoms with E-state index in [0.717, 1.165) is 43.9 Å². The summed E-state index contributed by atoms with van der Waals surface area (Å²) in [5, 5.41) is 0. The Morgan fingerprint density at radius 2 is 1.70 bits per heavy atom. The van der Waals surface area contributed by atoms with Crippen molar-refractivity contribution in [1.82, 2.24) is 4.90 Å². The van der Waals surface area contributed by atoms with Crippen LogP contribution in [0.4, 0.5) is 0 Å². The first kappa shape index (κ1) is 19.4. The molecule has 27 heavy (non-hydrogen) atoms. The molecule has 0 aromatic heterocycles. The summed E-state index contributed by atoms with van der Waals surface area (Å²) in [6.07, 6.45) is 2.50. The Balaban J connectivity index is 1.37. The molecule has 2 aromatic rings. The molecule has 1 aliphatic rings. The first-order valence-electron chi connectivity index (χ1n) is 9.85. The molecule has 1 heterocycles. The van der Waals surface area contributed by atoms with Crippen molar-refractivity contribution in [2.45, 2.75) is 32.8 Å². The lowest BCUT2D eigenvalue weighted by Crippen LogP contribution is -2.40. The Bertz CT molecular complexity index is 691. The van der Waals surface area contributed by atoms with Crippen LogP contribution in [0.25, 0.3) is 0 Å². The van der Waals surface area contributed by atoms with Gasteiger partial charge in [0.1, 0.15) is 5.75 Å². The van der Waals surface area contributed by atoms with Gasteiger partial charge in [-0.3, -0.25) is 4.79 Å². The van der Waals surface area contributed by atoms with Crippen molar-refractivity contribution in [2.24, 2.45) is 5.92 Å². The highest BCUT2D eigenvalue weighted by molar-refractivity contribution is 5.78. The van der Waals surface area contributed by atoms with Crippen molar-refractivity contribution in [1.29, 1.82) is 0 Å². The summed E-state index contributed by atoms with van der Waals surface area (Å²) >= 11 is 0. The highest BCUT2D eigenvalue weighted by atomic mass is 16.5. The van der Waals surface area contributed by atoms with E-state index in [2.05, 4.69) is 12.1 Å². The Kier molecular flexibility index (Phi) is 7.28. The fourth-order valence-corrected chi connectivity index (χ4v) is 3.42. The highest BCUT2D eigenvalue weighted by Crippen LogP contribution is 2.20. The number of hydrogen-bond acceptors (Lipinski definition) is 3. The number of hydrogen-bond donors (Lipinski definition) is 0. The predicted molar refractivity (Wildman–Crippen MR) is 107 cm³/mol. The number of piperidine rings is 1. The Hall–Kier alpha value is -2.33. The summed E-state index contributed by atoms with van der Waals surface area (Å²) in [6.45, 7) is 5.72. The van der Waals surface area contributed by atoms with E-state index in [1.807, 2.05) is 54.3 Å². The summed E-state index contributed by atoms with van der Waals surface area (Å²) in [5.74, 6) is 1.61. The maximum Gasteiger partial charge on any atom is 0.226 e. The molecule has 4 heteroatoms. The van der Waals surface area contributed by atoms with Gasteiger partial charge in [0.2, 0.25) is 5.91 Å². The third kappa shape index (κ3) is 6.10. The topological polar surface area (TPSA) is 38.8 Å². The van der Waals surface area contributed by atoms with Crippen LogP contribution >= 0.6 is 0 Å². The van der Waals surface area contributed by atoms with E-state index in [4.69, 9.17) is 9.47 Å². The molecule has 0 atom stereocenters. The van der Waals surface area contributed by atoms with E-state index in [1.54, 1.807) is 0 Å². The SMILES string of the molecule is CCOc1ccc(CC(=O)N2CCC(COCc3ccccc3)CC2)cc1. The molecule has 1 amide bonds. The predicted octanol–water partition coefficient (Wildman–Crippen LogP) is 4.08. The summed E-state index contributed by atoms with van der Waals surface area (Å²) in [5.41, 5.74) is 2.25. The minimum atomic E-state index is 0.211. The molecule has 1 fully saturated rings. The molecule has 4 nitrogen and oxygen atoms in total. The second-order valence-electron chi connectivity index (χ2n) is 7.08. The Morgan fingerprint density at radius 3 is 2.37 bits per heavy atom. The maximum absolute atomic E-state index is 12.5. The smallest absolute Gasteiger partial charge is 0.226 e. The number of benzene rings is 2. The molecule has 3 rings (SSSR count). The van der Waals surface area contributed by atoms with Gasteiger partial charge in [-0.1, -0.05) is 42.5 Å². The zero-order valence-electron chi connectivity index (χ0n) is 16.1. The van der Waals surface area contributed by atoms with Gasteiger partial charge in [0.05, 0.1) is 19.6 Å². The van der Waals surface area contributed by atoms with Crippen LogP contribution in [0.5, 0.6) is 5.75 Å². The number of carbonyl (C=O) groups is 1. The molecule has 0 spiro atoms. The van der Waals surface area contributed by atoms with Gasteiger partial charge in [-0.15, -0.1) is 0 Å². The molecule has 0 aliphatic carbocycles. The van der Waals surface area contributed by atoms with Gasteiger partial charge in [-0.2, -0.15) is 0 Å². The van der Waals surface area contributed by atoms with E-state index >= 15 is 0 Å². The van der Waals surface area contributed by atoms with Crippen LogP contribution in [0.15, 0.2) is 54.6 Å². The van der Waals surface area contributed by atoms with Crippen LogP contribution in [0.1, 0.15) is 30.9 Å². The average molecular weight is 367 g/mol. The van der Waals surface area contributed by atoms with Crippen LogP contribution in [0, 0.1) is 5.92 Å². The first-order chi connectivity index (χ1) is 13.2. The van der Waals surface area contributed by atoms with Gasteiger partial charge in [-0.25, -0.2) is 0 Å². The minimum Gasteiger partial charge on any atom is -0.494 e. The minimum absolute atomic E-state index is 0.211. The van der Waals surface area contributed by atoms with Crippen LogP contribution in [0.3, 0.4) is 0 Å². The zero-order valence-corrected chi connectivity index (χ0v) is 16.1. The van der Waals surface area contributed by atoms with Gasteiger partial charge in [0.25, 0.3) is 0 Å². The van der Waals surface area contributed by atoms with Crippen molar-refractivity contribution in [3.8, 4) is 5.75 Å². The molecular formula is C23H29NO3. The normalized spacial score (nSPS) is 14.9. The monoisotopic (exact) mass is 367 g/mol. The van der Waals surface area contributed by atoms with E-state index in [9.17, 15) is 4.79 Å². The second kappa shape index (κ2) is 10.1. The van der Waals surface area contributed by atoms with E-state index in [1.165, 1.54) is 5.56 Å². The molecular weight excluding hydrogens is 338 g/mol. The lowest BCUT2D eigenvalue weighted by atomic mass is 9.97. The van der Waals surface area contributed by atoms with Gasteiger partial charge < -0.3 is 14.4 Å². The fourth-order valence-electron chi connectivity index (χ4n) is 3.42. The molecule has 0 saturated carbocycles. The zero-order chi connectivity index (χ0) is 18.9. The highest BCUT2D eigenvalue weighted by Gasteiger charge is 2.22. The summed E-state index contributed by atoms with van der Waals surface area (Å²) in [6, 6.07) is 18.1. The summed E-state index contributed by atoms with van der Waals surface area (Å²) in [4.78, 5) is 14.5. The quantitative estimate of drug-likeness (QED) is 0.706. The molecule has 0 bridgehead atoms. The average Bonchev–Trinajstić information content (AvgIpc) is 2.71. The van der Waals surface area contributed by atoms with E-state index in [-0.39, 0.29) is 5.91 Å². The second-order valence-corrected chi connectivity index (χ2v) is 7.08. The molecule has 0 radical (unpaired) electrons. The number of carbonyl (C=O) groups excluding carboxylic acids is 1. The van der Waals surface area contributed by atoms with Crippen molar-refractivity contribution in [3.63, 3.8) is 0 Å². The van der Waals surface area contributed by atoms with E-state index in [0.29, 0.717) is 25.6 Å². The fraction of sp³-hybridized carbons (Fsp3) is 0.435. The van der Waals surface area contributed by atoms with Gasteiger partial charge in [-0.05, 0) is 48.9 Å². The van der Waals surface area contributed by atoms with Gasteiger partial charge >= 0.3 is 0 Å². The Morgan fingerprint density at radius 1 is 1.00 bits per heavy atom. The maximum atomic E-state index is 12.5. The van der Waals surface area contributed by atoms with Gasteiger partial charge in [0, 0.05) is 19.7 Å². The summed E-state index contributed by atoms with van der Waals surface area (Å²) < 4.78 is 11.3. The van der Waals surface area contributed by atoms with E-state index < -0.39 is 0 Å². The molecule has 0 N–H and O–H groups in total. The van der Waals surface area contributed by atoms with Crippen molar-refractivity contribution in [3.05, 3.63) is 65.7 Å². The number of nitrogens with zero attached hydrogens (tertiary/aromatic N) is 1. The Labute approximate surface area is 162 Å². The summed E-state index contributed by atoms with van der Waals surface area (Å²) in [7, 11) is 0. The lowest BCUT2D eigenvalue weighted by Gasteiger charge is -2.32. The molecule has 2 aromatic carbocycles. The molecule has 0 unspecified atom stereocenters. The van der Waals surface area contributed by atoms with Crippen molar-refractivity contribution >= 4 is 5.91 Å². The van der Waals surface area contributed by atoms with Crippen molar-refractivity contribution in [2.75, 3.05) is 26.3 Å². The van der Waals surface area contributed by atoms with Crippen LogP contribution in [-0.2, 0) is 22.6 Å². The number of ether oxygens (including phenoxy) is 2.